The average Bonchev–Trinajstić information content (AvgIpc) is 3.08. The highest BCUT2D eigenvalue weighted by Crippen LogP contribution is 2.31. The molecule has 182 valence electrons. The standard InChI is InChI=1S/C26H19Cl2N3O5/c1-2-36-26(35)19-8-3-4-9-20(19)30-23(32)15-6-5-7-17(14-15)29-22-21(28)24(33)31(25(22)34)18-12-10-16(27)11-13-18/h3-14,29H,2H2,1H3,(H,30,32). The molecule has 4 rings (SSSR count). The molecule has 0 bridgehead atoms. The van der Waals surface area contributed by atoms with Gasteiger partial charge in [0.05, 0.1) is 23.5 Å². The van der Waals surface area contributed by atoms with E-state index in [4.69, 9.17) is 27.9 Å². The summed E-state index contributed by atoms with van der Waals surface area (Å²) in [6, 6.07) is 18.9. The Hall–Kier alpha value is -4.14. The van der Waals surface area contributed by atoms with E-state index in [1.807, 2.05) is 0 Å². The molecule has 0 saturated heterocycles. The Balaban J connectivity index is 1.53. The number of carbonyl (C=O) groups is 4. The van der Waals surface area contributed by atoms with E-state index in [-0.39, 0.29) is 28.5 Å². The van der Waals surface area contributed by atoms with Crippen molar-refractivity contribution >= 4 is 64.0 Å². The van der Waals surface area contributed by atoms with Crippen LogP contribution in [0.3, 0.4) is 0 Å². The molecule has 0 atom stereocenters. The van der Waals surface area contributed by atoms with E-state index in [9.17, 15) is 19.2 Å². The highest BCUT2D eigenvalue weighted by molar-refractivity contribution is 6.53. The first kappa shape index (κ1) is 25.0. The molecular weight excluding hydrogens is 505 g/mol. The summed E-state index contributed by atoms with van der Waals surface area (Å²) in [4.78, 5) is 51.7. The normalized spacial score (nSPS) is 13.1. The van der Waals surface area contributed by atoms with Crippen LogP contribution in [0.15, 0.2) is 83.5 Å². The van der Waals surface area contributed by atoms with Gasteiger partial charge in [0.15, 0.2) is 0 Å². The molecule has 3 amide bonds. The van der Waals surface area contributed by atoms with E-state index in [1.54, 1.807) is 61.5 Å². The zero-order valence-electron chi connectivity index (χ0n) is 18.9. The minimum atomic E-state index is -0.684. The number of nitrogens with one attached hydrogen (secondary N) is 2. The predicted molar refractivity (Wildman–Crippen MR) is 137 cm³/mol. The van der Waals surface area contributed by atoms with Crippen LogP contribution in [-0.2, 0) is 14.3 Å². The van der Waals surface area contributed by atoms with Gasteiger partial charge in [0.1, 0.15) is 10.7 Å². The van der Waals surface area contributed by atoms with E-state index in [0.717, 1.165) is 4.90 Å². The highest BCUT2D eigenvalue weighted by atomic mass is 35.5. The minimum absolute atomic E-state index is 0.123. The topological polar surface area (TPSA) is 105 Å². The molecule has 3 aromatic carbocycles. The zero-order valence-corrected chi connectivity index (χ0v) is 20.4. The Morgan fingerprint density at radius 1 is 0.917 bits per heavy atom. The van der Waals surface area contributed by atoms with E-state index in [0.29, 0.717) is 22.1 Å². The van der Waals surface area contributed by atoms with Crippen molar-refractivity contribution in [3.8, 4) is 0 Å². The maximum atomic E-state index is 13.0. The van der Waals surface area contributed by atoms with Crippen LogP contribution in [0.25, 0.3) is 0 Å². The summed E-state index contributed by atoms with van der Waals surface area (Å²) < 4.78 is 5.04. The second-order valence-electron chi connectivity index (χ2n) is 7.54. The molecule has 10 heteroatoms. The number of anilines is 3. The van der Waals surface area contributed by atoms with Crippen molar-refractivity contribution < 1.29 is 23.9 Å². The van der Waals surface area contributed by atoms with Gasteiger partial charge in [-0.1, -0.05) is 41.4 Å². The summed E-state index contributed by atoms with van der Waals surface area (Å²) in [6.45, 7) is 1.89. The third-order valence-electron chi connectivity index (χ3n) is 5.18. The van der Waals surface area contributed by atoms with Crippen molar-refractivity contribution in [3.05, 3.63) is 99.7 Å². The highest BCUT2D eigenvalue weighted by Gasteiger charge is 2.39. The molecule has 0 fully saturated rings. The molecule has 0 radical (unpaired) electrons. The van der Waals surface area contributed by atoms with Crippen LogP contribution in [0.5, 0.6) is 0 Å². The van der Waals surface area contributed by atoms with E-state index in [2.05, 4.69) is 10.6 Å². The van der Waals surface area contributed by atoms with Gasteiger partial charge >= 0.3 is 5.97 Å². The number of hydrogen-bond donors (Lipinski definition) is 2. The third kappa shape index (κ3) is 5.10. The lowest BCUT2D eigenvalue weighted by Crippen LogP contribution is -2.32. The van der Waals surface area contributed by atoms with Gasteiger partial charge in [-0.3, -0.25) is 14.4 Å². The van der Waals surface area contributed by atoms with Gasteiger partial charge in [-0.25, -0.2) is 9.69 Å². The molecule has 0 aliphatic carbocycles. The van der Waals surface area contributed by atoms with Crippen LogP contribution in [0.4, 0.5) is 17.1 Å². The van der Waals surface area contributed by atoms with Gasteiger partial charge in [-0.2, -0.15) is 0 Å². The van der Waals surface area contributed by atoms with Crippen molar-refractivity contribution in [1.82, 2.24) is 0 Å². The fraction of sp³-hybridized carbons (Fsp3) is 0.0769. The summed E-state index contributed by atoms with van der Waals surface area (Å²) in [5.74, 6) is -2.38. The summed E-state index contributed by atoms with van der Waals surface area (Å²) in [5, 5.41) is 5.71. The molecule has 1 aliphatic heterocycles. The van der Waals surface area contributed by atoms with Gasteiger partial charge in [0, 0.05) is 16.3 Å². The number of hydrogen-bond acceptors (Lipinski definition) is 6. The molecule has 8 nitrogen and oxygen atoms in total. The maximum Gasteiger partial charge on any atom is 0.340 e. The van der Waals surface area contributed by atoms with Crippen molar-refractivity contribution in [2.75, 3.05) is 22.1 Å². The molecular formula is C26H19Cl2N3O5. The number of benzene rings is 3. The Morgan fingerprint density at radius 3 is 2.36 bits per heavy atom. The number of carbonyl (C=O) groups excluding carboxylic acids is 4. The molecule has 0 aromatic heterocycles. The zero-order chi connectivity index (χ0) is 25.8. The van der Waals surface area contributed by atoms with Crippen LogP contribution in [0, 0.1) is 0 Å². The molecule has 2 N–H and O–H groups in total. The lowest BCUT2D eigenvalue weighted by atomic mass is 10.1. The number of imide groups is 1. The van der Waals surface area contributed by atoms with Gasteiger partial charge in [-0.05, 0) is 61.5 Å². The maximum absolute atomic E-state index is 13.0. The molecule has 0 spiro atoms. The minimum Gasteiger partial charge on any atom is -0.462 e. The van der Waals surface area contributed by atoms with Gasteiger partial charge in [0.25, 0.3) is 17.7 Å². The molecule has 3 aromatic rings. The van der Waals surface area contributed by atoms with Crippen molar-refractivity contribution in [1.29, 1.82) is 0 Å². The lowest BCUT2D eigenvalue weighted by molar-refractivity contribution is -0.120. The number of rotatable bonds is 7. The van der Waals surface area contributed by atoms with Gasteiger partial charge in [-0.15, -0.1) is 0 Å². The Morgan fingerprint density at radius 2 is 1.64 bits per heavy atom. The second kappa shape index (κ2) is 10.6. The van der Waals surface area contributed by atoms with Crippen LogP contribution in [0.2, 0.25) is 5.02 Å². The van der Waals surface area contributed by atoms with Gasteiger partial charge in [0.2, 0.25) is 0 Å². The molecule has 36 heavy (non-hydrogen) atoms. The van der Waals surface area contributed by atoms with E-state index < -0.39 is 23.7 Å². The molecule has 1 aliphatic rings. The van der Waals surface area contributed by atoms with Crippen molar-refractivity contribution in [2.24, 2.45) is 0 Å². The summed E-state index contributed by atoms with van der Waals surface area (Å²) >= 11 is 12.1. The first-order valence-corrected chi connectivity index (χ1v) is 11.5. The number of amides is 3. The molecule has 0 saturated carbocycles. The number of para-hydroxylation sites is 1. The first-order valence-electron chi connectivity index (χ1n) is 10.8. The average molecular weight is 524 g/mol. The third-order valence-corrected chi connectivity index (χ3v) is 5.78. The number of ether oxygens (including phenoxy) is 1. The van der Waals surface area contributed by atoms with Crippen molar-refractivity contribution in [2.45, 2.75) is 6.92 Å². The smallest absolute Gasteiger partial charge is 0.340 e. The van der Waals surface area contributed by atoms with E-state index >= 15 is 0 Å². The number of esters is 1. The Kier molecular flexibility index (Phi) is 7.38. The molecule has 1 heterocycles. The summed E-state index contributed by atoms with van der Waals surface area (Å²) in [6.07, 6.45) is 0. The van der Waals surface area contributed by atoms with Crippen LogP contribution < -0.4 is 15.5 Å². The monoisotopic (exact) mass is 523 g/mol. The van der Waals surface area contributed by atoms with Crippen molar-refractivity contribution in [3.63, 3.8) is 0 Å². The van der Waals surface area contributed by atoms with E-state index in [1.165, 1.54) is 18.2 Å². The quantitative estimate of drug-likeness (QED) is 0.325. The molecule has 0 unspecified atom stereocenters. The predicted octanol–water partition coefficient (Wildman–Crippen LogP) is 5.20. The Labute approximate surface area is 216 Å². The number of nitrogens with zero attached hydrogens (tertiary/aromatic N) is 1. The first-order chi connectivity index (χ1) is 17.3. The Bertz CT molecular complexity index is 1400. The van der Waals surface area contributed by atoms with Crippen LogP contribution >= 0.6 is 23.2 Å². The SMILES string of the molecule is CCOC(=O)c1ccccc1NC(=O)c1cccc(NC2=C(Cl)C(=O)N(c3ccc(Cl)cc3)C2=O)c1. The summed E-state index contributed by atoms with van der Waals surface area (Å²) in [7, 11) is 0. The fourth-order valence-electron chi connectivity index (χ4n) is 3.49. The second-order valence-corrected chi connectivity index (χ2v) is 8.35. The fourth-order valence-corrected chi connectivity index (χ4v) is 3.83. The number of halogens is 2. The van der Waals surface area contributed by atoms with Crippen LogP contribution in [-0.4, -0.2) is 30.3 Å². The largest absolute Gasteiger partial charge is 0.462 e. The van der Waals surface area contributed by atoms with Gasteiger partial charge < -0.3 is 15.4 Å². The lowest BCUT2D eigenvalue weighted by Gasteiger charge is -2.15. The summed E-state index contributed by atoms with van der Waals surface area (Å²) in [5.41, 5.74) is 1.30. The van der Waals surface area contributed by atoms with Crippen LogP contribution in [0.1, 0.15) is 27.6 Å².